The lowest BCUT2D eigenvalue weighted by Crippen LogP contribution is -2.36. The van der Waals surface area contributed by atoms with E-state index in [1.54, 1.807) is 0 Å². The zero-order chi connectivity index (χ0) is 19.2. The smallest absolute Gasteiger partial charge is 0.248 e. The molecule has 0 aliphatic heterocycles. The molecule has 1 fully saturated rings. The molecule has 0 unspecified atom stereocenters. The summed E-state index contributed by atoms with van der Waals surface area (Å²) in [5, 5.41) is 5.38. The number of carbonyl (C=O) groups is 1. The molecular formula is C17H25F2N5OS. The van der Waals surface area contributed by atoms with Gasteiger partial charge in [0.25, 0.3) is 0 Å². The Morgan fingerprint density at radius 1 is 1.35 bits per heavy atom. The van der Waals surface area contributed by atoms with Crippen LogP contribution in [0.25, 0.3) is 0 Å². The quantitative estimate of drug-likeness (QED) is 0.209. The van der Waals surface area contributed by atoms with Crippen LogP contribution in [0.5, 0.6) is 0 Å². The summed E-state index contributed by atoms with van der Waals surface area (Å²) in [7, 11) is 0. The van der Waals surface area contributed by atoms with Crippen LogP contribution in [-0.4, -0.2) is 35.7 Å². The number of halogens is 2. The van der Waals surface area contributed by atoms with Crippen LogP contribution >= 0.6 is 11.9 Å². The van der Waals surface area contributed by atoms with Crippen molar-refractivity contribution in [3.05, 3.63) is 29.8 Å². The number of nitrogens with one attached hydrogen (secondary N) is 1. The van der Waals surface area contributed by atoms with Crippen LogP contribution in [0.15, 0.2) is 34.3 Å². The molecule has 1 aliphatic carbocycles. The molecular weight excluding hydrogens is 360 g/mol. The van der Waals surface area contributed by atoms with Gasteiger partial charge in [0.1, 0.15) is 5.78 Å². The van der Waals surface area contributed by atoms with Crippen LogP contribution in [0, 0.1) is 5.92 Å². The number of nitrogens with zero attached hydrogens (tertiary/aromatic N) is 2. The minimum Gasteiger partial charge on any atom is -0.382 e. The number of ketones is 1. The van der Waals surface area contributed by atoms with Gasteiger partial charge in [-0.2, -0.15) is 0 Å². The van der Waals surface area contributed by atoms with Gasteiger partial charge in [-0.05, 0) is 49.8 Å². The molecule has 6 nitrogen and oxygen atoms in total. The van der Waals surface area contributed by atoms with E-state index in [1.807, 2.05) is 24.3 Å². The standard InChI is InChI=1S/C17H25F2N5OS/c1-12(25)10-22-26-15-4-2-14(3-5-15)16(20)23-24(21)11-13-6-8-17(18,19)9-7-13/h2-5,13,22H,6-11,21H2,1H3,(H2,20,23). The number of amidine groups is 1. The van der Waals surface area contributed by atoms with E-state index in [2.05, 4.69) is 9.82 Å². The lowest BCUT2D eigenvalue weighted by atomic mass is 9.87. The number of nitrogens with two attached hydrogens (primary N) is 2. The number of hydrazone groups is 1. The average Bonchev–Trinajstić information content (AvgIpc) is 2.57. The predicted molar refractivity (Wildman–Crippen MR) is 99.5 cm³/mol. The predicted octanol–water partition coefficient (Wildman–Crippen LogP) is 2.49. The molecule has 0 bridgehead atoms. The van der Waals surface area contributed by atoms with Crippen LogP contribution in [-0.2, 0) is 4.79 Å². The summed E-state index contributed by atoms with van der Waals surface area (Å²) in [5.74, 6) is 3.75. The van der Waals surface area contributed by atoms with Crippen molar-refractivity contribution in [2.24, 2.45) is 22.6 Å². The second-order valence-electron chi connectivity index (χ2n) is 6.56. The molecule has 2 rings (SSSR count). The zero-order valence-electron chi connectivity index (χ0n) is 14.8. The van der Waals surface area contributed by atoms with E-state index in [-0.39, 0.29) is 30.4 Å². The van der Waals surface area contributed by atoms with Crippen molar-refractivity contribution in [3.8, 4) is 0 Å². The summed E-state index contributed by atoms with van der Waals surface area (Å²) >= 11 is 1.36. The van der Waals surface area contributed by atoms with E-state index in [0.29, 0.717) is 31.5 Å². The highest BCUT2D eigenvalue weighted by molar-refractivity contribution is 7.97. The fourth-order valence-electron chi connectivity index (χ4n) is 2.70. The monoisotopic (exact) mass is 385 g/mol. The molecule has 0 saturated heterocycles. The zero-order valence-corrected chi connectivity index (χ0v) is 15.6. The topological polar surface area (TPSA) is 96.7 Å². The van der Waals surface area contributed by atoms with Crippen LogP contribution in [0.4, 0.5) is 8.78 Å². The maximum absolute atomic E-state index is 13.2. The van der Waals surface area contributed by atoms with Gasteiger partial charge in [-0.3, -0.25) is 9.52 Å². The van der Waals surface area contributed by atoms with Crippen molar-refractivity contribution < 1.29 is 13.6 Å². The lowest BCUT2D eigenvalue weighted by Gasteiger charge is -2.29. The Morgan fingerprint density at radius 3 is 2.54 bits per heavy atom. The minimum atomic E-state index is -2.54. The second kappa shape index (κ2) is 9.29. The Kier molecular flexibility index (Phi) is 7.36. The van der Waals surface area contributed by atoms with Crippen molar-refractivity contribution in [1.82, 2.24) is 9.84 Å². The van der Waals surface area contributed by atoms with Gasteiger partial charge in [0.05, 0.1) is 13.1 Å². The first-order valence-corrected chi connectivity index (χ1v) is 9.30. The average molecular weight is 385 g/mol. The fourth-order valence-corrected chi connectivity index (χ4v) is 3.41. The summed E-state index contributed by atoms with van der Waals surface area (Å²) < 4.78 is 29.3. The third-order valence-electron chi connectivity index (χ3n) is 4.18. The van der Waals surface area contributed by atoms with E-state index in [9.17, 15) is 13.6 Å². The molecule has 0 atom stereocenters. The molecule has 0 radical (unpaired) electrons. The fraction of sp³-hybridized carbons (Fsp3) is 0.529. The molecule has 1 aromatic carbocycles. The molecule has 0 heterocycles. The number of carbonyl (C=O) groups excluding carboxylic acids is 1. The number of hydrazine groups is 1. The van der Waals surface area contributed by atoms with Crippen molar-refractivity contribution >= 4 is 23.6 Å². The highest BCUT2D eigenvalue weighted by atomic mass is 32.2. The largest absolute Gasteiger partial charge is 0.382 e. The Hall–Kier alpha value is -1.71. The number of hydrogen-bond acceptors (Lipinski definition) is 6. The minimum absolute atomic E-state index is 0.0650. The summed E-state index contributed by atoms with van der Waals surface area (Å²) in [6.07, 6.45) is 0.688. The van der Waals surface area contributed by atoms with Gasteiger partial charge in [0.15, 0.2) is 5.84 Å². The maximum atomic E-state index is 13.2. The van der Waals surface area contributed by atoms with Gasteiger partial charge in [-0.25, -0.2) is 19.7 Å². The molecule has 1 saturated carbocycles. The van der Waals surface area contributed by atoms with Gasteiger partial charge < -0.3 is 5.73 Å². The molecule has 0 aromatic heterocycles. The van der Waals surface area contributed by atoms with Gasteiger partial charge >= 0.3 is 0 Å². The van der Waals surface area contributed by atoms with Gasteiger partial charge in [0, 0.05) is 23.3 Å². The van der Waals surface area contributed by atoms with Crippen LogP contribution < -0.4 is 16.3 Å². The van der Waals surface area contributed by atoms with E-state index < -0.39 is 5.92 Å². The highest BCUT2D eigenvalue weighted by Crippen LogP contribution is 2.36. The highest BCUT2D eigenvalue weighted by Gasteiger charge is 2.35. The molecule has 1 aliphatic rings. The normalized spacial score (nSPS) is 17.9. The van der Waals surface area contributed by atoms with Gasteiger partial charge in [-0.1, -0.05) is 12.1 Å². The second-order valence-corrected chi connectivity index (χ2v) is 7.52. The molecule has 26 heavy (non-hydrogen) atoms. The number of Topliss-reactive ketones (excluding diaryl/α,β-unsaturated/α-hetero) is 1. The summed E-state index contributed by atoms with van der Waals surface area (Å²) in [6, 6.07) is 7.34. The van der Waals surface area contributed by atoms with Crippen LogP contribution in [0.1, 0.15) is 38.2 Å². The number of hydrogen-bond donors (Lipinski definition) is 3. The first-order chi connectivity index (χ1) is 12.2. The summed E-state index contributed by atoms with van der Waals surface area (Å²) in [6.45, 7) is 2.22. The van der Waals surface area contributed by atoms with Crippen molar-refractivity contribution in [2.45, 2.75) is 43.4 Å². The first-order valence-electron chi connectivity index (χ1n) is 8.49. The Bertz CT molecular complexity index is 629. The van der Waals surface area contributed by atoms with Crippen LogP contribution in [0.3, 0.4) is 0 Å². The summed E-state index contributed by atoms with van der Waals surface area (Å²) in [5.41, 5.74) is 6.69. The van der Waals surface area contributed by atoms with E-state index in [1.165, 1.54) is 24.0 Å². The number of benzene rings is 1. The van der Waals surface area contributed by atoms with Crippen molar-refractivity contribution in [1.29, 1.82) is 0 Å². The summed E-state index contributed by atoms with van der Waals surface area (Å²) in [4.78, 5) is 11.8. The Balaban J connectivity index is 1.84. The Morgan fingerprint density at radius 2 is 1.96 bits per heavy atom. The van der Waals surface area contributed by atoms with Crippen LogP contribution in [0.2, 0.25) is 0 Å². The third kappa shape index (κ3) is 6.89. The molecule has 1 aromatic rings. The van der Waals surface area contributed by atoms with Crippen molar-refractivity contribution in [3.63, 3.8) is 0 Å². The third-order valence-corrected chi connectivity index (χ3v) is 4.98. The molecule has 5 N–H and O–H groups in total. The molecule has 9 heteroatoms. The van der Waals surface area contributed by atoms with E-state index in [4.69, 9.17) is 11.6 Å². The van der Waals surface area contributed by atoms with E-state index in [0.717, 1.165) is 4.90 Å². The molecule has 144 valence electrons. The molecule has 0 spiro atoms. The first kappa shape index (κ1) is 20.6. The number of alkyl halides is 2. The van der Waals surface area contributed by atoms with Gasteiger partial charge in [-0.15, -0.1) is 5.10 Å². The Labute approximate surface area is 156 Å². The van der Waals surface area contributed by atoms with E-state index >= 15 is 0 Å². The molecule has 0 amide bonds. The van der Waals surface area contributed by atoms with Crippen molar-refractivity contribution in [2.75, 3.05) is 13.1 Å². The number of rotatable bonds is 8. The lowest BCUT2D eigenvalue weighted by molar-refractivity contribution is -0.115. The maximum Gasteiger partial charge on any atom is 0.248 e. The van der Waals surface area contributed by atoms with Gasteiger partial charge in [0.2, 0.25) is 5.92 Å². The SMILES string of the molecule is CC(=O)CNSc1ccc(/C(N)=N/N(N)CC2CCC(F)(F)CC2)cc1.